The zero-order valence-corrected chi connectivity index (χ0v) is 16.2. The fourth-order valence-corrected chi connectivity index (χ4v) is 4.51. The van der Waals surface area contributed by atoms with Crippen LogP contribution in [0.5, 0.6) is 0 Å². The van der Waals surface area contributed by atoms with Gasteiger partial charge in [0.05, 0.1) is 18.7 Å². The van der Waals surface area contributed by atoms with Crippen molar-refractivity contribution in [1.82, 2.24) is 15.5 Å². The number of aliphatic imine (C=N–C) groups is 1. The number of likely N-dealkylation sites (tertiary alicyclic amines) is 1. The van der Waals surface area contributed by atoms with E-state index in [-0.39, 0.29) is 0 Å². The van der Waals surface area contributed by atoms with Crippen molar-refractivity contribution < 1.29 is 4.74 Å². The molecule has 3 heterocycles. The monoisotopic (exact) mass is 364 g/mol. The van der Waals surface area contributed by atoms with Crippen molar-refractivity contribution in [2.45, 2.75) is 51.2 Å². The minimum absolute atomic E-state index is 0.413. The third-order valence-electron chi connectivity index (χ3n) is 5.00. The van der Waals surface area contributed by atoms with Gasteiger partial charge in [-0.15, -0.1) is 11.3 Å². The van der Waals surface area contributed by atoms with Crippen molar-refractivity contribution in [3.05, 3.63) is 22.4 Å². The van der Waals surface area contributed by atoms with Crippen LogP contribution in [0.3, 0.4) is 0 Å². The summed E-state index contributed by atoms with van der Waals surface area (Å²) in [7, 11) is 0. The molecule has 2 aliphatic rings. The molecule has 140 valence electrons. The van der Waals surface area contributed by atoms with Gasteiger partial charge < -0.3 is 15.4 Å². The number of thiophene rings is 1. The van der Waals surface area contributed by atoms with E-state index in [0.717, 1.165) is 38.6 Å². The molecule has 2 fully saturated rings. The van der Waals surface area contributed by atoms with Gasteiger partial charge in [-0.1, -0.05) is 6.07 Å². The second kappa shape index (κ2) is 10.1. The van der Waals surface area contributed by atoms with Crippen LogP contribution in [0, 0.1) is 0 Å². The zero-order valence-electron chi connectivity index (χ0n) is 15.4. The van der Waals surface area contributed by atoms with Gasteiger partial charge in [-0.25, -0.2) is 0 Å². The Labute approximate surface area is 155 Å². The lowest BCUT2D eigenvalue weighted by atomic mass is 10.2. The maximum Gasteiger partial charge on any atom is 0.191 e. The lowest BCUT2D eigenvalue weighted by Crippen LogP contribution is -2.39. The van der Waals surface area contributed by atoms with E-state index in [2.05, 4.69) is 40.0 Å². The predicted octanol–water partition coefficient (Wildman–Crippen LogP) is 3.01. The predicted molar refractivity (Wildman–Crippen MR) is 105 cm³/mol. The van der Waals surface area contributed by atoms with Crippen molar-refractivity contribution >= 4 is 17.3 Å². The molecule has 0 spiro atoms. The molecule has 0 aliphatic carbocycles. The second-order valence-corrected chi connectivity index (χ2v) is 7.82. The van der Waals surface area contributed by atoms with Crippen molar-refractivity contribution in [3.8, 4) is 0 Å². The highest BCUT2D eigenvalue weighted by Gasteiger charge is 2.24. The normalized spacial score (nSPS) is 23.1. The Bertz CT molecular complexity index is 508. The quantitative estimate of drug-likeness (QED) is 0.550. The van der Waals surface area contributed by atoms with Gasteiger partial charge >= 0.3 is 0 Å². The molecular weight excluding hydrogens is 332 g/mol. The topological polar surface area (TPSA) is 48.9 Å². The molecule has 25 heavy (non-hydrogen) atoms. The van der Waals surface area contributed by atoms with Crippen molar-refractivity contribution in [3.63, 3.8) is 0 Å². The summed E-state index contributed by atoms with van der Waals surface area (Å²) < 4.78 is 5.70. The largest absolute Gasteiger partial charge is 0.378 e. The van der Waals surface area contributed by atoms with E-state index in [1.807, 2.05) is 11.3 Å². The summed E-state index contributed by atoms with van der Waals surface area (Å²) in [5, 5.41) is 9.04. The summed E-state index contributed by atoms with van der Waals surface area (Å²) in [4.78, 5) is 8.92. The van der Waals surface area contributed by atoms with Crippen molar-refractivity contribution in [2.75, 3.05) is 39.3 Å². The van der Waals surface area contributed by atoms with E-state index in [1.54, 1.807) is 0 Å². The number of nitrogens with one attached hydrogen (secondary N) is 2. The van der Waals surface area contributed by atoms with Gasteiger partial charge in [0.2, 0.25) is 0 Å². The summed E-state index contributed by atoms with van der Waals surface area (Å²) in [6, 6.07) is 4.81. The molecule has 2 saturated heterocycles. The van der Waals surface area contributed by atoms with E-state index in [0.29, 0.717) is 12.1 Å². The van der Waals surface area contributed by atoms with Crippen LogP contribution < -0.4 is 10.6 Å². The molecule has 2 aliphatic heterocycles. The number of ether oxygens (including phenoxy) is 1. The highest BCUT2D eigenvalue weighted by Crippen LogP contribution is 2.28. The molecular formula is C19H32N4OS. The van der Waals surface area contributed by atoms with Gasteiger partial charge in [-0.3, -0.25) is 9.89 Å². The minimum Gasteiger partial charge on any atom is -0.378 e. The number of nitrogens with zero attached hydrogens (tertiary/aromatic N) is 2. The molecule has 0 radical (unpaired) electrons. The fourth-order valence-electron chi connectivity index (χ4n) is 3.66. The van der Waals surface area contributed by atoms with Crippen LogP contribution in [0.2, 0.25) is 0 Å². The Morgan fingerprint density at radius 1 is 1.36 bits per heavy atom. The first-order valence-corrected chi connectivity index (χ1v) is 10.7. The summed E-state index contributed by atoms with van der Waals surface area (Å²) in [5.74, 6) is 0.932. The van der Waals surface area contributed by atoms with Crippen LogP contribution in [0.15, 0.2) is 22.5 Å². The van der Waals surface area contributed by atoms with Gasteiger partial charge in [0, 0.05) is 24.6 Å². The molecule has 0 amide bonds. The summed E-state index contributed by atoms with van der Waals surface area (Å²) in [6.45, 7) is 8.06. The number of hydrogen-bond acceptors (Lipinski definition) is 4. The highest BCUT2D eigenvalue weighted by atomic mass is 32.1. The molecule has 0 bridgehead atoms. The molecule has 6 heteroatoms. The summed E-state index contributed by atoms with van der Waals surface area (Å²) >= 11 is 1.85. The first-order valence-electron chi connectivity index (χ1n) is 9.78. The molecule has 0 saturated carbocycles. The third kappa shape index (κ3) is 5.69. The van der Waals surface area contributed by atoms with Gasteiger partial charge in [-0.05, 0) is 63.6 Å². The number of hydrogen-bond donors (Lipinski definition) is 2. The lowest BCUT2D eigenvalue weighted by molar-refractivity contribution is 0.105. The molecule has 2 atom stereocenters. The standard InChI is InChI=1S/C19H32N4OS/c1-2-20-19(21-10-9-16-7-5-13-24-16)22-15-17(18-8-6-14-25-18)23-11-3-4-12-23/h6,8,14,16-17H,2-5,7,9-13,15H2,1H3,(H2,20,21,22). The smallest absolute Gasteiger partial charge is 0.191 e. The molecule has 2 unspecified atom stereocenters. The van der Waals surface area contributed by atoms with Crippen molar-refractivity contribution in [2.24, 2.45) is 4.99 Å². The Hall–Kier alpha value is -1.11. The van der Waals surface area contributed by atoms with Crippen LogP contribution >= 0.6 is 11.3 Å². The Kier molecular flexibility index (Phi) is 7.57. The molecule has 0 aromatic carbocycles. The molecule has 5 nitrogen and oxygen atoms in total. The van der Waals surface area contributed by atoms with Gasteiger partial charge in [-0.2, -0.15) is 0 Å². The first kappa shape index (κ1) is 18.7. The van der Waals surface area contributed by atoms with Crippen LogP contribution in [-0.4, -0.2) is 56.3 Å². The number of rotatable bonds is 8. The average molecular weight is 365 g/mol. The van der Waals surface area contributed by atoms with Crippen LogP contribution in [0.25, 0.3) is 0 Å². The SMILES string of the molecule is CCNC(=NCC(c1cccs1)N1CCCC1)NCCC1CCCO1. The zero-order chi connectivity index (χ0) is 17.3. The van der Waals surface area contributed by atoms with E-state index in [1.165, 1.54) is 43.6 Å². The summed E-state index contributed by atoms with van der Waals surface area (Å²) in [6.07, 6.45) is 6.52. The minimum atomic E-state index is 0.413. The Morgan fingerprint density at radius 3 is 2.92 bits per heavy atom. The van der Waals surface area contributed by atoms with Crippen LogP contribution in [0.4, 0.5) is 0 Å². The lowest BCUT2D eigenvalue weighted by Gasteiger charge is -2.25. The Balaban J connectivity index is 1.55. The maximum absolute atomic E-state index is 5.70. The first-order chi connectivity index (χ1) is 12.4. The third-order valence-corrected chi connectivity index (χ3v) is 5.98. The van der Waals surface area contributed by atoms with E-state index >= 15 is 0 Å². The van der Waals surface area contributed by atoms with E-state index < -0.39 is 0 Å². The van der Waals surface area contributed by atoms with Crippen LogP contribution in [0.1, 0.15) is 49.9 Å². The van der Waals surface area contributed by atoms with Crippen molar-refractivity contribution in [1.29, 1.82) is 0 Å². The van der Waals surface area contributed by atoms with E-state index in [4.69, 9.17) is 9.73 Å². The average Bonchev–Trinajstić information content (AvgIpc) is 3.38. The molecule has 3 rings (SSSR count). The maximum atomic E-state index is 5.70. The van der Waals surface area contributed by atoms with Gasteiger partial charge in [0.1, 0.15) is 0 Å². The molecule has 1 aromatic heterocycles. The van der Waals surface area contributed by atoms with Gasteiger partial charge in [0.25, 0.3) is 0 Å². The fraction of sp³-hybridized carbons (Fsp3) is 0.737. The number of guanidine groups is 1. The summed E-state index contributed by atoms with van der Waals surface area (Å²) in [5.41, 5.74) is 0. The Morgan fingerprint density at radius 2 is 2.24 bits per heavy atom. The molecule has 1 aromatic rings. The van der Waals surface area contributed by atoms with Crippen LogP contribution in [-0.2, 0) is 4.74 Å². The highest BCUT2D eigenvalue weighted by molar-refractivity contribution is 7.10. The second-order valence-electron chi connectivity index (χ2n) is 6.84. The van der Waals surface area contributed by atoms with Gasteiger partial charge in [0.15, 0.2) is 5.96 Å². The molecule has 2 N–H and O–H groups in total. The van der Waals surface area contributed by atoms with E-state index in [9.17, 15) is 0 Å².